The van der Waals surface area contributed by atoms with Gasteiger partial charge < -0.3 is 10.2 Å². The van der Waals surface area contributed by atoms with Crippen LogP contribution in [0.1, 0.15) is 18.4 Å². The SMILES string of the molecule is CN1CCCC1CNc1cccc(Br)c1C#N. The third-order valence-corrected chi connectivity index (χ3v) is 3.99. The lowest BCUT2D eigenvalue weighted by molar-refractivity contribution is 0.322. The van der Waals surface area contributed by atoms with Gasteiger partial charge in [0.25, 0.3) is 0 Å². The Morgan fingerprint density at radius 2 is 2.41 bits per heavy atom. The number of rotatable bonds is 3. The molecule has 2 rings (SSSR count). The second-order valence-electron chi connectivity index (χ2n) is 4.43. The largest absolute Gasteiger partial charge is 0.382 e. The summed E-state index contributed by atoms with van der Waals surface area (Å²) in [4.78, 5) is 2.37. The summed E-state index contributed by atoms with van der Waals surface area (Å²) in [5.41, 5.74) is 1.61. The van der Waals surface area contributed by atoms with Gasteiger partial charge in [-0.25, -0.2) is 0 Å². The van der Waals surface area contributed by atoms with Gasteiger partial charge in [0.2, 0.25) is 0 Å². The molecule has 1 fully saturated rings. The van der Waals surface area contributed by atoms with Crippen LogP contribution in [0.5, 0.6) is 0 Å². The van der Waals surface area contributed by atoms with Gasteiger partial charge in [-0.3, -0.25) is 0 Å². The third kappa shape index (κ3) is 2.80. The van der Waals surface area contributed by atoms with Gasteiger partial charge in [0.15, 0.2) is 0 Å². The number of likely N-dealkylation sites (N-methyl/N-ethyl adjacent to an activating group) is 1. The van der Waals surface area contributed by atoms with Gasteiger partial charge in [0, 0.05) is 17.1 Å². The fourth-order valence-electron chi connectivity index (χ4n) is 2.25. The van der Waals surface area contributed by atoms with Crippen molar-refractivity contribution in [2.24, 2.45) is 0 Å². The van der Waals surface area contributed by atoms with E-state index < -0.39 is 0 Å². The molecule has 0 saturated carbocycles. The van der Waals surface area contributed by atoms with Gasteiger partial charge in [-0.1, -0.05) is 6.07 Å². The molecule has 1 aliphatic heterocycles. The van der Waals surface area contributed by atoms with Gasteiger partial charge in [-0.05, 0) is 54.5 Å². The third-order valence-electron chi connectivity index (χ3n) is 3.33. The Balaban J connectivity index is 2.04. The Kier molecular flexibility index (Phi) is 4.03. The van der Waals surface area contributed by atoms with Crippen molar-refractivity contribution in [3.05, 3.63) is 28.2 Å². The summed E-state index contributed by atoms with van der Waals surface area (Å²) in [5.74, 6) is 0. The van der Waals surface area contributed by atoms with Crippen molar-refractivity contribution >= 4 is 21.6 Å². The van der Waals surface area contributed by atoms with Crippen molar-refractivity contribution in [1.29, 1.82) is 5.26 Å². The van der Waals surface area contributed by atoms with E-state index in [1.165, 1.54) is 19.4 Å². The number of nitrogens with one attached hydrogen (secondary N) is 1. The summed E-state index contributed by atoms with van der Waals surface area (Å²) in [6, 6.07) is 8.61. The van der Waals surface area contributed by atoms with Crippen molar-refractivity contribution in [2.45, 2.75) is 18.9 Å². The molecular formula is C13H16BrN3. The van der Waals surface area contributed by atoms with Gasteiger partial charge >= 0.3 is 0 Å². The minimum Gasteiger partial charge on any atom is -0.382 e. The molecule has 1 atom stereocenters. The van der Waals surface area contributed by atoms with Crippen LogP contribution in [-0.2, 0) is 0 Å². The van der Waals surface area contributed by atoms with E-state index in [1.807, 2.05) is 18.2 Å². The number of benzene rings is 1. The molecule has 0 aliphatic carbocycles. The Morgan fingerprint density at radius 3 is 3.06 bits per heavy atom. The minimum atomic E-state index is 0.584. The normalized spacial score (nSPS) is 20.2. The molecule has 17 heavy (non-hydrogen) atoms. The van der Waals surface area contributed by atoms with Crippen molar-refractivity contribution < 1.29 is 0 Å². The Morgan fingerprint density at radius 1 is 1.59 bits per heavy atom. The topological polar surface area (TPSA) is 39.1 Å². The second kappa shape index (κ2) is 5.52. The van der Waals surface area contributed by atoms with E-state index in [9.17, 15) is 0 Å². The highest BCUT2D eigenvalue weighted by molar-refractivity contribution is 9.10. The van der Waals surface area contributed by atoms with Crippen molar-refractivity contribution in [3.8, 4) is 6.07 Å². The zero-order chi connectivity index (χ0) is 12.3. The number of likely N-dealkylation sites (tertiary alicyclic amines) is 1. The highest BCUT2D eigenvalue weighted by Crippen LogP contribution is 2.24. The van der Waals surface area contributed by atoms with Crippen LogP contribution in [0.4, 0.5) is 5.69 Å². The number of hydrogen-bond donors (Lipinski definition) is 1. The first kappa shape index (κ1) is 12.4. The highest BCUT2D eigenvalue weighted by atomic mass is 79.9. The zero-order valence-corrected chi connectivity index (χ0v) is 11.5. The molecule has 1 N–H and O–H groups in total. The molecule has 1 aliphatic rings. The Hall–Kier alpha value is -1.05. The maximum Gasteiger partial charge on any atom is 0.103 e. The van der Waals surface area contributed by atoms with Crippen LogP contribution in [0, 0.1) is 11.3 Å². The first-order valence-electron chi connectivity index (χ1n) is 5.85. The quantitative estimate of drug-likeness (QED) is 0.931. The molecule has 1 saturated heterocycles. The van der Waals surface area contributed by atoms with Crippen LogP contribution in [0.15, 0.2) is 22.7 Å². The van der Waals surface area contributed by atoms with Crippen molar-refractivity contribution in [1.82, 2.24) is 4.90 Å². The molecule has 1 aromatic rings. The average Bonchev–Trinajstić information content (AvgIpc) is 2.72. The van der Waals surface area contributed by atoms with Gasteiger partial charge in [-0.2, -0.15) is 5.26 Å². The number of nitriles is 1. The zero-order valence-electron chi connectivity index (χ0n) is 9.91. The standard InChI is InChI=1S/C13H16BrN3/c1-17-7-3-4-10(17)9-16-13-6-2-5-12(14)11(13)8-15/h2,5-6,10,16H,3-4,7,9H2,1H3. The molecule has 4 heteroatoms. The van der Waals surface area contributed by atoms with E-state index in [4.69, 9.17) is 5.26 Å². The summed E-state index contributed by atoms with van der Waals surface area (Å²) in [7, 11) is 2.16. The van der Waals surface area contributed by atoms with Gasteiger partial charge in [-0.15, -0.1) is 0 Å². The molecule has 90 valence electrons. The lowest BCUT2D eigenvalue weighted by Gasteiger charge is -2.20. The van der Waals surface area contributed by atoms with E-state index in [1.54, 1.807) is 0 Å². The first-order chi connectivity index (χ1) is 8.22. The number of halogens is 1. The molecule has 0 radical (unpaired) electrons. The second-order valence-corrected chi connectivity index (χ2v) is 5.29. The predicted molar refractivity (Wildman–Crippen MR) is 73.0 cm³/mol. The lowest BCUT2D eigenvalue weighted by Crippen LogP contribution is -2.31. The van der Waals surface area contributed by atoms with E-state index in [-0.39, 0.29) is 0 Å². The van der Waals surface area contributed by atoms with Crippen LogP contribution >= 0.6 is 15.9 Å². The molecule has 1 aromatic carbocycles. The van der Waals surface area contributed by atoms with Crippen LogP contribution in [-0.4, -0.2) is 31.1 Å². The van der Waals surface area contributed by atoms with E-state index in [0.29, 0.717) is 11.6 Å². The summed E-state index contributed by atoms with van der Waals surface area (Å²) in [5, 5.41) is 12.5. The monoisotopic (exact) mass is 293 g/mol. The van der Waals surface area contributed by atoms with Gasteiger partial charge in [0.1, 0.15) is 6.07 Å². The highest BCUT2D eigenvalue weighted by Gasteiger charge is 2.20. The predicted octanol–water partition coefficient (Wildman–Crippen LogP) is 2.83. The van der Waals surface area contributed by atoms with E-state index in [2.05, 4.69) is 39.3 Å². The molecule has 1 unspecified atom stereocenters. The average molecular weight is 294 g/mol. The summed E-state index contributed by atoms with van der Waals surface area (Å²) in [6.45, 7) is 2.08. The summed E-state index contributed by atoms with van der Waals surface area (Å²) in [6.07, 6.45) is 2.51. The van der Waals surface area contributed by atoms with E-state index in [0.717, 1.165) is 16.7 Å². The van der Waals surface area contributed by atoms with Crippen LogP contribution in [0.2, 0.25) is 0 Å². The Bertz CT molecular complexity index is 439. The number of anilines is 1. The Labute approximate surface area is 111 Å². The summed E-state index contributed by atoms with van der Waals surface area (Å²) < 4.78 is 0.852. The van der Waals surface area contributed by atoms with Crippen LogP contribution < -0.4 is 5.32 Å². The van der Waals surface area contributed by atoms with Crippen molar-refractivity contribution in [2.75, 3.05) is 25.5 Å². The molecule has 3 nitrogen and oxygen atoms in total. The molecule has 0 bridgehead atoms. The van der Waals surface area contributed by atoms with Crippen molar-refractivity contribution in [3.63, 3.8) is 0 Å². The molecular weight excluding hydrogens is 278 g/mol. The minimum absolute atomic E-state index is 0.584. The number of hydrogen-bond acceptors (Lipinski definition) is 3. The molecule has 0 spiro atoms. The number of nitrogens with zero attached hydrogens (tertiary/aromatic N) is 2. The smallest absolute Gasteiger partial charge is 0.103 e. The summed E-state index contributed by atoms with van der Waals surface area (Å²) >= 11 is 3.40. The fourth-order valence-corrected chi connectivity index (χ4v) is 2.70. The van der Waals surface area contributed by atoms with Crippen LogP contribution in [0.3, 0.4) is 0 Å². The maximum atomic E-state index is 9.11. The van der Waals surface area contributed by atoms with Gasteiger partial charge in [0.05, 0.1) is 11.3 Å². The van der Waals surface area contributed by atoms with E-state index >= 15 is 0 Å². The maximum absolute atomic E-state index is 9.11. The molecule has 0 aromatic heterocycles. The molecule has 1 heterocycles. The molecule has 0 amide bonds. The van der Waals surface area contributed by atoms with Crippen LogP contribution in [0.25, 0.3) is 0 Å². The lowest BCUT2D eigenvalue weighted by atomic mass is 10.1. The fraction of sp³-hybridized carbons (Fsp3) is 0.462. The first-order valence-corrected chi connectivity index (χ1v) is 6.64.